The minimum Gasteiger partial charge on any atom is -0.492 e. The Kier molecular flexibility index (Phi) is 4.35. The van der Waals surface area contributed by atoms with Gasteiger partial charge in [-0.15, -0.1) is 0 Å². The Morgan fingerprint density at radius 2 is 1.91 bits per heavy atom. The molecule has 1 aromatic carbocycles. The summed E-state index contributed by atoms with van der Waals surface area (Å²) in [4.78, 5) is 11.9. The highest BCUT2D eigenvalue weighted by molar-refractivity contribution is 7.90. The fourth-order valence-corrected chi connectivity index (χ4v) is 4.32. The first-order valence-corrected chi connectivity index (χ1v) is 9.02. The standard InChI is InChI=1S/C15H20N2O4S/c18-15(16-8-9-21-13-4-2-1-3-5-13)12-10-17(11-12)22(19,20)14-6-7-14/h1-5,12,14H,6-11H2,(H,16,18). The average Bonchev–Trinajstić information content (AvgIpc) is 3.28. The molecule has 7 heteroatoms. The van der Waals surface area contributed by atoms with E-state index in [0.717, 1.165) is 18.6 Å². The first-order valence-electron chi connectivity index (χ1n) is 7.52. The van der Waals surface area contributed by atoms with Crippen molar-refractivity contribution < 1.29 is 17.9 Å². The fraction of sp³-hybridized carbons (Fsp3) is 0.533. The van der Waals surface area contributed by atoms with Gasteiger partial charge in [0.2, 0.25) is 15.9 Å². The molecule has 0 radical (unpaired) electrons. The first kappa shape index (κ1) is 15.3. The Bertz CT molecular complexity index is 622. The highest BCUT2D eigenvalue weighted by Crippen LogP contribution is 2.34. The number of rotatable bonds is 7. The highest BCUT2D eigenvalue weighted by Gasteiger charge is 2.46. The van der Waals surface area contributed by atoms with Gasteiger partial charge in [0.25, 0.3) is 0 Å². The molecule has 0 unspecified atom stereocenters. The summed E-state index contributed by atoms with van der Waals surface area (Å²) in [6.45, 7) is 1.43. The molecule has 22 heavy (non-hydrogen) atoms. The molecule has 1 amide bonds. The molecule has 0 spiro atoms. The number of hydrogen-bond acceptors (Lipinski definition) is 4. The van der Waals surface area contributed by atoms with Crippen molar-refractivity contribution in [1.82, 2.24) is 9.62 Å². The zero-order chi connectivity index (χ0) is 15.6. The normalized spacial score (nSPS) is 19.5. The van der Waals surface area contributed by atoms with Crippen molar-refractivity contribution in [1.29, 1.82) is 0 Å². The maximum Gasteiger partial charge on any atom is 0.225 e. The molecule has 1 aromatic rings. The number of amides is 1. The molecule has 0 bridgehead atoms. The van der Waals surface area contributed by atoms with Crippen molar-refractivity contribution in [3.05, 3.63) is 30.3 Å². The summed E-state index contributed by atoms with van der Waals surface area (Å²) in [6.07, 6.45) is 1.51. The van der Waals surface area contributed by atoms with Crippen LogP contribution >= 0.6 is 0 Å². The summed E-state index contributed by atoms with van der Waals surface area (Å²) >= 11 is 0. The molecule has 3 rings (SSSR count). The summed E-state index contributed by atoms with van der Waals surface area (Å²) < 4.78 is 30.8. The van der Waals surface area contributed by atoms with Gasteiger partial charge in [-0.3, -0.25) is 4.79 Å². The smallest absolute Gasteiger partial charge is 0.225 e. The summed E-state index contributed by atoms with van der Waals surface area (Å²) in [6, 6.07) is 9.39. The van der Waals surface area contributed by atoms with Crippen molar-refractivity contribution in [2.24, 2.45) is 5.92 Å². The third-order valence-corrected chi connectivity index (χ3v) is 6.27. The lowest BCUT2D eigenvalue weighted by atomic mass is 10.0. The second-order valence-electron chi connectivity index (χ2n) is 5.71. The number of nitrogens with one attached hydrogen (secondary N) is 1. The third-order valence-electron chi connectivity index (χ3n) is 3.94. The maximum atomic E-state index is 11.9. The van der Waals surface area contributed by atoms with Crippen molar-refractivity contribution in [3.63, 3.8) is 0 Å². The number of para-hydroxylation sites is 1. The SMILES string of the molecule is O=C(NCCOc1ccccc1)C1CN(S(=O)(=O)C2CC2)C1. The van der Waals surface area contributed by atoms with Gasteiger partial charge in [-0.1, -0.05) is 18.2 Å². The molecule has 0 atom stereocenters. The van der Waals surface area contributed by atoms with E-state index in [4.69, 9.17) is 4.74 Å². The molecule has 6 nitrogen and oxygen atoms in total. The predicted octanol–water partition coefficient (Wildman–Crippen LogP) is 0.606. The van der Waals surface area contributed by atoms with Gasteiger partial charge in [0.05, 0.1) is 17.7 Å². The van der Waals surface area contributed by atoms with E-state index >= 15 is 0 Å². The van der Waals surface area contributed by atoms with Crippen LogP contribution < -0.4 is 10.1 Å². The van der Waals surface area contributed by atoms with E-state index in [9.17, 15) is 13.2 Å². The lowest BCUT2D eigenvalue weighted by Gasteiger charge is -2.37. The molecule has 1 heterocycles. The summed E-state index contributed by atoms with van der Waals surface area (Å²) in [7, 11) is -3.13. The number of carbonyl (C=O) groups is 1. The second-order valence-corrected chi connectivity index (χ2v) is 7.92. The van der Waals surface area contributed by atoms with Crippen LogP contribution in [0.25, 0.3) is 0 Å². The van der Waals surface area contributed by atoms with Crippen LogP contribution in [-0.4, -0.2) is 50.1 Å². The van der Waals surface area contributed by atoms with E-state index < -0.39 is 10.0 Å². The van der Waals surface area contributed by atoms with E-state index in [1.807, 2.05) is 30.3 Å². The minimum absolute atomic E-state index is 0.0982. The van der Waals surface area contributed by atoms with Crippen LogP contribution in [0.1, 0.15) is 12.8 Å². The van der Waals surface area contributed by atoms with Crippen molar-refractivity contribution in [2.45, 2.75) is 18.1 Å². The predicted molar refractivity (Wildman–Crippen MR) is 82.0 cm³/mol. The van der Waals surface area contributed by atoms with Crippen LogP contribution in [0.2, 0.25) is 0 Å². The van der Waals surface area contributed by atoms with Crippen LogP contribution in [0.3, 0.4) is 0 Å². The minimum atomic E-state index is -3.13. The van der Waals surface area contributed by atoms with Gasteiger partial charge in [-0.05, 0) is 25.0 Å². The largest absolute Gasteiger partial charge is 0.492 e. The molecule has 1 saturated heterocycles. The number of nitrogens with zero attached hydrogens (tertiary/aromatic N) is 1. The maximum absolute atomic E-state index is 11.9. The van der Waals surface area contributed by atoms with E-state index in [0.29, 0.717) is 26.2 Å². The van der Waals surface area contributed by atoms with Crippen LogP contribution in [-0.2, 0) is 14.8 Å². The van der Waals surface area contributed by atoms with E-state index in [1.165, 1.54) is 4.31 Å². The summed E-state index contributed by atoms with van der Waals surface area (Å²) in [5.41, 5.74) is 0. The van der Waals surface area contributed by atoms with Crippen LogP contribution in [0.4, 0.5) is 0 Å². The van der Waals surface area contributed by atoms with Crippen molar-refractivity contribution in [2.75, 3.05) is 26.2 Å². The van der Waals surface area contributed by atoms with Gasteiger partial charge in [0, 0.05) is 13.1 Å². The van der Waals surface area contributed by atoms with E-state index in [2.05, 4.69) is 5.32 Å². The Morgan fingerprint density at radius 3 is 2.55 bits per heavy atom. The fourth-order valence-electron chi connectivity index (χ4n) is 2.39. The van der Waals surface area contributed by atoms with Gasteiger partial charge < -0.3 is 10.1 Å². The molecule has 1 N–H and O–H groups in total. The van der Waals surface area contributed by atoms with Crippen LogP contribution in [0, 0.1) is 5.92 Å². The third kappa shape index (κ3) is 3.41. The van der Waals surface area contributed by atoms with E-state index in [1.54, 1.807) is 0 Å². The number of ether oxygens (including phenoxy) is 1. The zero-order valence-corrected chi connectivity index (χ0v) is 13.1. The van der Waals surface area contributed by atoms with Crippen molar-refractivity contribution in [3.8, 4) is 5.75 Å². The molecule has 2 aliphatic rings. The van der Waals surface area contributed by atoms with Crippen LogP contribution in [0.5, 0.6) is 5.75 Å². The number of sulfonamides is 1. The Morgan fingerprint density at radius 1 is 1.23 bits per heavy atom. The first-order chi connectivity index (χ1) is 10.6. The second kappa shape index (κ2) is 6.26. The number of carbonyl (C=O) groups excluding carboxylic acids is 1. The lowest BCUT2D eigenvalue weighted by molar-refractivity contribution is -0.128. The Labute approximate surface area is 130 Å². The topological polar surface area (TPSA) is 75.7 Å². The average molecular weight is 324 g/mol. The molecule has 1 aliphatic heterocycles. The summed E-state index contributed by atoms with van der Waals surface area (Å²) in [5.74, 6) is 0.436. The highest BCUT2D eigenvalue weighted by atomic mass is 32.2. The van der Waals surface area contributed by atoms with Gasteiger partial charge in [-0.25, -0.2) is 8.42 Å². The quantitative estimate of drug-likeness (QED) is 0.746. The molecule has 0 aromatic heterocycles. The molecular weight excluding hydrogens is 304 g/mol. The molecule has 1 saturated carbocycles. The molecule has 1 aliphatic carbocycles. The van der Waals surface area contributed by atoms with Gasteiger partial charge in [0.1, 0.15) is 12.4 Å². The number of benzene rings is 1. The molecular formula is C15H20N2O4S. The molecule has 2 fully saturated rings. The number of hydrogen-bond donors (Lipinski definition) is 1. The van der Waals surface area contributed by atoms with Gasteiger partial charge in [-0.2, -0.15) is 4.31 Å². The molecule has 120 valence electrons. The summed E-state index contributed by atoms with van der Waals surface area (Å²) in [5, 5.41) is 2.59. The van der Waals surface area contributed by atoms with Gasteiger partial charge in [0.15, 0.2) is 0 Å². The Balaban J connectivity index is 1.34. The van der Waals surface area contributed by atoms with E-state index in [-0.39, 0.29) is 17.1 Å². The Hall–Kier alpha value is -1.60. The lowest BCUT2D eigenvalue weighted by Crippen LogP contribution is -2.56. The van der Waals surface area contributed by atoms with Gasteiger partial charge >= 0.3 is 0 Å². The van der Waals surface area contributed by atoms with Crippen LogP contribution in [0.15, 0.2) is 30.3 Å². The zero-order valence-electron chi connectivity index (χ0n) is 12.3. The van der Waals surface area contributed by atoms with Crippen molar-refractivity contribution >= 4 is 15.9 Å². The monoisotopic (exact) mass is 324 g/mol.